The predicted octanol–water partition coefficient (Wildman–Crippen LogP) is 1.87. The predicted molar refractivity (Wildman–Crippen MR) is 68.7 cm³/mol. The van der Waals surface area contributed by atoms with Crippen LogP contribution >= 0.6 is 0 Å². The topological polar surface area (TPSA) is 74.2 Å². The molecule has 0 aliphatic carbocycles. The third kappa shape index (κ3) is 3.38. The van der Waals surface area contributed by atoms with Crippen molar-refractivity contribution in [2.45, 2.75) is 6.42 Å². The van der Waals surface area contributed by atoms with Gasteiger partial charge in [0.1, 0.15) is 17.4 Å². The Labute approximate surface area is 100 Å². The van der Waals surface area contributed by atoms with E-state index in [1.165, 1.54) is 5.56 Å². The van der Waals surface area contributed by atoms with E-state index in [-0.39, 0.29) is 0 Å². The zero-order valence-electron chi connectivity index (χ0n) is 9.47. The molecule has 0 fully saturated rings. The number of nitrogens with two attached hydrogens (primary N) is 2. The van der Waals surface area contributed by atoms with Gasteiger partial charge >= 0.3 is 0 Å². The molecule has 1 aromatic heterocycles. The molecule has 0 aliphatic heterocycles. The molecule has 4 nitrogen and oxygen atoms in total. The molecule has 0 saturated carbocycles. The van der Waals surface area contributed by atoms with Gasteiger partial charge in [-0.1, -0.05) is 30.3 Å². The highest BCUT2D eigenvalue weighted by atomic mass is 16.5. The van der Waals surface area contributed by atoms with Crippen LogP contribution in [-0.4, -0.2) is 11.6 Å². The lowest BCUT2D eigenvalue weighted by molar-refractivity contribution is 0.322. The van der Waals surface area contributed by atoms with Crippen LogP contribution in [0.2, 0.25) is 0 Å². The summed E-state index contributed by atoms with van der Waals surface area (Å²) in [6.07, 6.45) is 0.850. The summed E-state index contributed by atoms with van der Waals surface area (Å²) < 4.78 is 5.57. The number of anilines is 2. The van der Waals surface area contributed by atoms with Crippen molar-refractivity contribution in [2.75, 3.05) is 18.1 Å². The molecule has 0 radical (unpaired) electrons. The maximum atomic E-state index is 5.57. The summed E-state index contributed by atoms with van der Waals surface area (Å²) in [5.41, 5.74) is 12.4. The lowest BCUT2D eigenvalue weighted by Crippen LogP contribution is -2.03. The lowest BCUT2D eigenvalue weighted by Gasteiger charge is -2.07. The van der Waals surface area contributed by atoms with Gasteiger partial charge in [-0.3, -0.25) is 0 Å². The number of aromatic nitrogens is 1. The van der Waals surface area contributed by atoms with E-state index in [9.17, 15) is 0 Å². The molecule has 0 bridgehead atoms. The number of rotatable bonds is 4. The number of nitrogen functional groups attached to an aromatic ring is 2. The molecule has 0 saturated heterocycles. The Kier molecular flexibility index (Phi) is 3.45. The molecule has 1 aromatic carbocycles. The first-order chi connectivity index (χ1) is 8.24. The van der Waals surface area contributed by atoms with E-state index in [1.807, 2.05) is 18.2 Å². The van der Waals surface area contributed by atoms with Gasteiger partial charge in [-0.25, -0.2) is 4.98 Å². The Morgan fingerprint density at radius 2 is 1.65 bits per heavy atom. The molecular formula is C13H15N3O. The molecular weight excluding hydrogens is 214 g/mol. The van der Waals surface area contributed by atoms with Gasteiger partial charge in [-0.05, 0) is 5.56 Å². The van der Waals surface area contributed by atoms with E-state index in [0.29, 0.717) is 24.0 Å². The summed E-state index contributed by atoms with van der Waals surface area (Å²) in [6.45, 7) is 0.590. The van der Waals surface area contributed by atoms with Crippen LogP contribution in [0, 0.1) is 0 Å². The zero-order valence-corrected chi connectivity index (χ0v) is 9.47. The molecule has 2 rings (SSSR count). The first kappa shape index (κ1) is 11.3. The third-order valence-electron chi connectivity index (χ3n) is 2.34. The van der Waals surface area contributed by atoms with Crippen LogP contribution in [0.5, 0.6) is 5.75 Å². The standard InChI is InChI=1S/C13H15N3O/c14-12-8-11(9-13(15)16-12)17-7-6-10-4-2-1-3-5-10/h1-5,8-9H,6-7H2,(H4,14,15,16). The fourth-order valence-electron chi connectivity index (χ4n) is 1.56. The monoisotopic (exact) mass is 229 g/mol. The van der Waals surface area contributed by atoms with Gasteiger partial charge in [0.2, 0.25) is 0 Å². The van der Waals surface area contributed by atoms with E-state index in [1.54, 1.807) is 12.1 Å². The van der Waals surface area contributed by atoms with Crippen LogP contribution in [0.25, 0.3) is 0 Å². The molecule has 0 aliphatic rings. The van der Waals surface area contributed by atoms with Crippen molar-refractivity contribution < 1.29 is 4.74 Å². The fraction of sp³-hybridized carbons (Fsp3) is 0.154. The summed E-state index contributed by atoms with van der Waals surface area (Å²) in [5, 5.41) is 0. The fourth-order valence-corrected chi connectivity index (χ4v) is 1.56. The number of pyridine rings is 1. The van der Waals surface area contributed by atoms with E-state index < -0.39 is 0 Å². The average molecular weight is 229 g/mol. The van der Waals surface area contributed by atoms with Gasteiger partial charge < -0.3 is 16.2 Å². The molecule has 4 heteroatoms. The molecule has 17 heavy (non-hydrogen) atoms. The summed E-state index contributed by atoms with van der Waals surface area (Å²) in [5.74, 6) is 1.41. The summed E-state index contributed by atoms with van der Waals surface area (Å²) in [7, 11) is 0. The third-order valence-corrected chi connectivity index (χ3v) is 2.34. The molecule has 2 aromatic rings. The molecule has 0 amide bonds. The number of hydrogen-bond donors (Lipinski definition) is 2. The van der Waals surface area contributed by atoms with Gasteiger partial charge in [0.05, 0.1) is 6.61 Å². The lowest BCUT2D eigenvalue weighted by atomic mass is 10.2. The Morgan fingerprint density at radius 1 is 1.00 bits per heavy atom. The molecule has 0 spiro atoms. The summed E-state index contributed by atoms with van der Waals surface area (Å²) in [6, 6.07) is 13.5. The van der Waals surface area contributed by atoms with Crippen molar-refractivity contribution in [1.82, 2.24) is 4.98 Å². The minimum absolute atomic E-state index is 0.375. The second-order valence-electron chi connectivity index (χ2n) is 3.74. The average Bonchev–Trinajstić information content (AvgIpc) is 2.29. The van der Waals surface area contributed by atoms with E-state index in [2.05, 4.69) is 17.1 Å². The number of nitrogens with zero attached hydrogens (tertiary/aromatic N) is 1. The van der Waals surface area contributed by atoms with Crippen LogP contribution in [-0.2, 0) is 6.42 Å². The Balaban J connectivity index is 1.90. The summed E-state index contributed by atoms with van der Waals surface area (Å²) in [4.78, 5) is 3.88. The highest BCUT2D eigenvalue weighted by molar-refractivity contribution is 5.46. The zero-order chi connectivity index (χ0) is 12.1. The second kappa shape index (κ2) is 5.21. The van der Waals surface area contributed by atoms with E-state index in [4.69, 9.17) is 16.2 Å². The molecule has 1 heterocycles. The van der Waals surface area contributed by atoms with Crippen molar-refractivity contribution in [3.05, 3.63) is 48.0 Å². The Hall–Kier alpha value is -2.23. The van der Waals surface area contributed by atoms with Crippen molar-refractivity contribution in [1.29, 1.82) is 0 Å². The maximum Gasteiger partial charge on any atom is 0.129 e. The second-order valence-corrected chi connectivity index (χ2v) is 3.74. The minimum Gasteiger partial charge on any atom is -0.493 e. The van der Waals surface area contributed by atoms with Gasteiger partial charge in [-0.2, -0.15) is 0 Å². The van der Waals surface area contributed by atoms with Crippen molar-refractivity contribution in [3.63, 3.8) is 0 Å². The number of ether oxygens (including phenoxy) is 1. The van der Waals surface area contributed by atoms with Gasteiger partial charge in [-0.15, -0.1) is 0 Å². The normalized spacial score (nSPS) is 10.1. The molecule has 4 N–H and O–H groups in total. The van der Waals surface area contributed by atoms with E-state index in [0.717, 1.165) is 6.42 Å². The van der Waals surface area contributed by atoms with Crippen molar-refractivity contribution in [3.8, 4) is 5.75 Å². The van der Waals surface area contributed by atoms with Crippen LogP contribution in [0.3, 0.4) is 0 Å². The van der Waals surface area contributed by atoms with Gasteiger partial charge in [0.25, 0.3) is 0 Å². The van der Waals surface area contributed by atoms with Crippen LogP contribution in [0.4, 0.5) is 11.6 Å². The first-order valence-electron chi connectivity index (χ1n) is 5.44. The van der Waals surface area contributed by atoms with Crippen molar-refractivity contribution in [2.24, 2.45) is 0 Å². The minimum atomic E-state index is 0.375. The van der Waals surface area contributed by atoms with Crippen LogP contribution < -0.4 is 16.2 Å². The SMILES string of the molecule is Nc1cc(OCCc2ccccc2)cc(N)n1. The van der Waals surface area contributed by atoms with Gasteiger partial charge in [0.15, 0.2) is 0 Å². The highest BCUT2D eigenvalue weighted by Crippen LogP contribution is 2.17. The number of hydrogen-bond acceptors (Lipinski definition) is 4. The Bertz CT molecular complexity index is 465. The van der Waals surface area contributed by atoms with Gasteiger partial charge in [0, 0.05) is 18.6 Å². The first-order valence-corrected chi connectivity index (χ1v) is 5.44. The Morgan fingerprint density at radius 3 is 2.29 bits per heavy atom. The largest absolute Gasteiger partial charge is 0.493 e. The van der Waals surface area contributed by atoms with E-state index >= 15 is 0 Å². The van der Waals surface area contributed by atoms with Crippen molar-refractivity contribution >= 4 is 11.6 Å². The smallest absolute Gasteiger partial charge is 0.129 e. The molecule has 88 valence electrons. The molecule has 0 unspecified atom stereocenters. The maximum absolute atomic E-state index is 5.57. The highest BCUT2D eigenvalue weighted by Gasteiger charge is 1.99. The quantitative estimate of drug-likeness (QED) is 0.839. The number of benzene rings is 1. The van der Waals surface area contributed by atoms with Crippen LogP contribution in [0.1, 0.15) is 5.56 Å². The summed E-state index contributed by atoms with van der Waals surface area (Å²) >= 11 is 0. The van der Waals surface area contributed by atoms with Crippen LogP contribution in [0.15, 0.2) is 42.5 Å². The molecule has 0 atom stereocenters.